The number of carbonyl (C=O) groups is 1. The first-order valence-electron chi connectivity index (χ1n) is 9.35. The van der Waals surface area contributed by atoms with Gasteiger partial charge in [0.25, 0.3) is 0 Å². The van der Waals surface area contributed by atoms with Gasteiger partial charge < -0.3 is 10.1 Å². The van der Waals surface area contributed by atoms with E-state index < -0.39 is 17.7 Å². The number of fused-ring (bicyclic) bond motifs is 1. The number of hydrogen-bond acceptors (Lipinski definition) is 2. The Morgan fingerprint density at radius 1 is 1.23 bits per heavy atom. The molecule has 30 heavy (non-hydrogen) atoms. The van der Waals surface area contributed by atoms with Gasteiger partial charge in [0.2, 0.25) is 5.54 Å². The molecule has 8 heteroatoms. The molecule has 1 saturated carbocycles. The summed E-state index contributed by atoms with van der Waals surface area (Å²) in [6.07, 6.45) is -3.21. The molecular weight excluding hydrogens is 461 g/mol. The van der Waals surface area contributed by atoms with Crippen LogP contribution in [0.25, 0.3) is 0 Å². The average molecular weight is 479 g/mol. The van der Waals surface area contributed by atoms with Crippen LogP contribution >= 0.6 is 15.9 Å². The van der Waals surface area contributed by atoms with Crippen molar-refractivity contribution in [2.45, 2.75) is 31.1 Å². The van der Waals surface area contributed by atoms with Crippen molar-refractivity contribution in [2.24, 2.45) is 5.92 Å². The molecule has 0 saturated heterocycles. The van der Waals surface area contributed by atoms with Crippen molar-refractivity contribution >= 4 is 27.6 Å². The van der Waals surface area contributed by atoms with Crippen molar-refractivity contribution in [1.29, 1.82) is 0 Å². The first-order chi connectivity index (χ1) is 14.2. The molecule has 0 radical (unpaired) electrons. The van der Waals surface area contributed by atoms with Crippen molar-refractivity contribution in [3.8, 4) is 17.6 Å². The highest BCUT2D eigenvalue weighted by atomic mass is 79.9. The van der Waals surface area contributed by atoms with Crippen LogP contribution in [0.4, 0.5) is 23.7 Å². The van der Waals surface area contributed by atoms with E-state index >= 15 is 0 Å². The molecule has 1 fully saturated rings. The molecule has 1 atom stereocenters. The maximum absolute atomic E-state index is 14.3. The number of amides is 2. The van der Waals surface area contributed by atoms with Crippen LogP contribution in [0.1, 0.15) is 24.0 Å². The minimum atomic E-state index is -4.78. The van der Waals surface area contributed by atoms with Crippen LogP contribution in [0.2, 0.25) is 0 Å². The molecule has 0 unspecified atom stereocenters. The summed E-state index contributed by atoms with van der Waals surface area (Å²) < 4.78 is 48.6. The van der Waals surface area contributed by atoms with Gasteiger partial charge in [-0.2, -0.15) is 13.2 Å². The number of alkyl halides is 3. The van der Waals surface area contributed by atoms with Gasteiger partial charge in [-0.1, -0.05) is 46.0 Å². The van der Waals surface area contributed by atoms with Gasteiger partial charge in [-0.25, -0.2) is 4.79 Å². The van der Waals surface area contributed by atoms with E-state index in [1.807, 2.05) is 0 Å². The minimum Gasteiger partial charge on any atom is -0.497 e. The molecule has 4 rings (SSSR count). The van der Waals surface area contributed by atoms with Crippen LogP contribution in [0.5, 0.6) is 5.75 Å². The summed E-state index contributed by atoms with van der Waals surface area (Å²) in [5.41, 5.74) is -1.90. The Bertz CT molecular complexity index is 1040. The molecule has 0 bridgehead atoms. The fourth-order valence-electron chi connectivity index (χ4n) is 3.35. The first-order valence-corrected chi connectivity index (χ1v) is 10.1. The second-order valence-corrected chi connectivity index (χ2v) is 8.23. The molecule has 2 aliphatic rings. The van der Waals surface area contributed by atoms with Gasteiger partial charge in [0, 0.05) is 16.0 Å². The number of halogens is 4. The van der Waals surface area contributed by atoms with Crippen molar-refractivity contribution in [3.63, 3.8) is 0 Å². The predicted molar refractivity (Wildman–Crippen MR) is 110 cm³/mol. The highest BCUT2D eigenvalue weighted by Crippen LogP contribution is 2.47. The van der Waals surface area contributed by atoms with E-state index in [1.165, 1.54) is 23.1 Å². The SMILES string of the molecule is COc1ccc(CN2C(=O)N[C@](C#CC3CC3)(C(F)(F)F)c3ccc(Br)cc32)cc1. The Labute approximate surface area is 180 Å². The van der Waals surface area contributed by atoms with Crippen LogP contribution in [0, 0.1) is 17.8 Å². The molecule has 1 aliphatic carbocycles. The summed E-state index contributed by atoms with van der Waals surface area (Å²) in [6.45, 7) is 0.100. The lowest BCUT2D eigenvalue weighted by molar-refractivity contribution is -0.179. The first kappa shape index (κ1) is 20.6. The van der Waals surface area contributed by atoms with Crippen molar-refractivity contribution < 1.29 is 22.7 Å². The molecule has 1 aliphatic heterocycles. The Hall–Kier alpha value is -2.66. The van der Waals surface area contributed by atoms with Gasteiger partial charge >= 0.3 is 12.2 Å². The smallest absolute Gasteiger partial charge is 0.427 e. The van der Waals surface area contributed by atoms with Crippen LogP contribution < -0.4 is 15.0 Å². The highest BCUT2D eigenvalue weighted by molar-refractivity contribution is 9.10. The number of benzene rings is 2. The van der Waals surface area contributed by atoms with Gasteiger partial charge in [-0.3, -0.25) is 4.90 Å². The van der Waals surface area contributed by atoms with Gasteiger partial charge in [-0.05, 0) is 42.7 Å². The zero-order valence-corrected chi connectivity index (χ0v) is 17.6. The summed E-state index contributed by atoms with van der Waals surface area (Å²) in [7, 11) is 1.54. The molecular formula is C22H18BrF3N2O2. The number of nitrogens with zero attached hydrogens (tertiary/aromatic N) is 1. The summed E-state index contributed by atoms with van der Waals surface area (Å²) in [5, 5.41) is 2.17. The second kappa shape index (κ2) is 7.55. The molecule has 2 amide bonds. The fraction of sp³-hybridized carbons (Fsp3) is 0.318. The largest absolute Gasteiger partial charge is 0.497 e. The number of anilines is 1. The third-order valence-electron chi connectivity index (χ3n) is 5.16. The predicted octanol–water partition coefficient (Wildman–Crippen LogP) is 5.36. The van der Waals surface area contributed by atoms with E-state index in [-0.39, 0.29) is 23.7 Å². The number of nitrogens with one attached hydrogen (secondary N) is 1. The average Bonchev–Trinajstić information content (AvgIpc) is 3.53. The lowest BCUT2D eigenvalue weighted by atomic mass is 9.85. The molecule has 1 N–H and O–H groups in total. The van der Waals surface area contributed by atoms with E-state index in [0.29, 0.717) is 10.2 Å². The molecule has 2 aromatic rings. The zero-order valence-electron chi connectivity index (χ0n) is 16.0. The van der Waals surface area contributed by atoms with E-state index in [1.54, 1.807) is 31.4 Å². The maximum Gasteiger partial charge on any atom is 0.427 e. The van der Waals surface area contributed by atoms with Gasteiger partial charge in [0.05, 0.1) is 19.3 Å². The summed E-state index contributed by atoms with van der Waals surface area (Å²) >= 11 is 3.31. The third-order valence-corrected chi connectivity index (χ3v) is 5.65. The monoisotopic (exact) mass is 478 g/mol. The Balaban J connectivity index is 1.80. The summed E-state index contributed by atoms with van der Waals surface area (Å²) in [4.78, 5) is 14.2. The Morgan fingerprint density at radius 3 is 2.53 bits per heavy atom. The number of methoxy groups -OCH3 is 1. The van der Waals surface area contributed by atoms with Crippen molar-refractivity contribution in [2.75, 3.05) is 12.0 Å². The van der Waals surface area contributed by atoms with Gasteiger partial charge in [0.1, 0.15) is 5.75 Å². The van der Waals surface area contributed by atoms with Crippen LogP contribution in [0.3, 0.4) is 0 Å². The Morgan fingerprint density at radius 2 is 1.93 bits per heavy atom. The summed E-state index contributed by atoms with van der Waals surface area (Å²) in [5.74, 6) is 5.68. The number of hydrogen-bond donors (Lipinski definition) is 1. The van der Waals surface area contributed by atoms with E-state index in [4.69, 9.17) is 4.74 Å². The topological polar surface area (TPSA) is 41.6 Å². The Kier molecular flexibility index (Phi) is 5.18. The zero-order chi connectivity index (χ0) is 21.5. The number of carbonyl (C=O) groups excluding carboxylic acids is 1. The van der Waals surface area contributed by atoms with E-state index in [9.17, 15) is 18.0 Å². The van der Waals surface area contributed by atoms with Crippen LogP contribution in [-0.4, -0.2) is 19.3 Å². The quantitative estimate of drug-likeness (QED) is 0.603. The molecule has 0 aromatic heterocycles. The molecule has 156 valence electrons. The molecule has 4 nitrogen and oxygen atoms in total. The summed E-state index contributed by atoms with van der Waals surface area (Å²) in [6, 6.07) is 10.6. The molecule has 2 aromatic carbocycles. The number of urea groups is 1. The van der Waals surface area contributed by atoms with Gasteiger partial charge in [0.15, 0.2) is 0 Å². The lowest BCUT2D eigenvalue weighted by Crippen LogP contribution is -2.62. The standard InChI is InChI=1S/C22H18BrF3N2O2/c1-30-17-7-4-15(5-8-17)13-28-19-12-16(23)6-9-18(19)21(22(24,25)26,27-20(28)29)11-10-14-2-3-14/h4-9,12,14H,2-3,13H2,1H3,(H,27,29)/t21-/m0/s1. The van der Waals surface area contributed by atoms with Crippen LogP contribution in [0.15, 0.2) is 46.9 Å². The third kappa shape index (κ3) is 3.74. The number of ether oxygens (including phenoxy) is 1. The molecule has 0 spiro atoms. The normalized spacial score (nSPS) is 20.7. The van der Waals surface area contributed by atoms with E-state index in [0.717, 1.165) is 18.4 Å². The fourth-order valence-corrected chi connectivity index (χ4v) is 3.70. The highest BCUT2D eigenvalue weighted by Gasteiger charge is 2.60. The van der Waals surface area contributed by atoms with Crippen molar-refractivity contribution in [3.05, 3.63) is 58.1 Å². The minimum absolute atomic E-state index is 0.0441. The van der Waals surface area contributed by atoms with E-state index in [2.05, 4.69) is 33.1 Å². The van der Waals surface area contributed by atoms with Crippen molar-refractivity contribution in [1.82, 2.24) is 5.32 Å². The van der Waals surface area contributed by atoms with Crippen LogP contribution in [-0.2, 0) is 12.1 Å². The number of rotatable bonds is 3. The van der Waals surface area contributed by atoms with Gasteiger partial charge in [-0.15, -0.1) is 0 Å². The molecule has 1 heterocycles. The maximum atomic E-state index is 14.3. The second-order valence-electron chi connectivity index (χ2n) is 7.32. The lowest BCUT2D eigenvalue weighted by Gasteiger charge is -2.41.